The van der Waals surface area contributed by atoms with Crippen molar-refractivity contribution in [1.82, 2.24) is 4.98 Å². The maximum absolute atomic E-state index is 12.8. The second kappa shape index (κ2) is 5.69. The van der Waals surface area contributed by atoms with E-state index in [2.05, 4.69) is 18.8 Å². The Hall–Kier alpha value is -1.12. The molecule has 1 aromatic rings. The van der Waals surface area contributed by atoms with Crippen molar-refractivity contribution < 1.29 is 4.39 Å². The number of anilines is 1. The van der Waals surface area contributed by atoms with Gasteiger partial charge in [0.2, 0.25) is 0 Å². The van der Waals surface area contributed by atoms with Gasteiger partial charge in [-0.15, -0.1) is 0 Å². The fourth-order valence-electron chi connectivity index (χ4n) is 1.79. The summed E-state index contributed by atoms with van der Waals surface area (Å²) in [7, 11) is 0. The van der Waals surface area contributed by atoms with Gasteiger partial charge in [-0.2, -0.15) is 0 Å². The summed E-state index contributed by atoms with van der Waals surface area (Å²) >= 11 is 0. The molecule has 2 nitrogen and oxygen atoms in total. The van der Waals surface area contributed by atoms with E-state index in [1.54, 1.807) is 0 Å². The molecule has 0 amide bonds. The average molecular weight is 210 g/mol. The molecular weight excluding hydrogens is 191 g/mol. The molecule has 2 N–H and O–H groups in total. The molecule has 1 aromatic heterocycles. The van der Waals surface area contributed by atoms with Crippen molar-refractivity contribution in [3.63, 3.8) is 0 Å². The first-order chi connectivity index (χ1) is 7.19. The Bertz CT molecular complexity index is 312. The molecule has 0 saturated heterocycles. The third kappa shape index (κ3) is 3.18. The van der Waals surface area contributed by atoms with Gasteiger partial charge in [0.05, 0.1) is 17.6 Å². The van der Waals surface area contributed by atoms with Crippen LogP contribution in [-0.2, 0) is 0 Å². The molecule has 0 fully saturated rings. The molecule has 15 heavy (non-hydrogen) atoms. The van der Waals surface area contributed by atoms with Gasteiger partial charge in [-0.1, -0.05) is 26.7 Å². The van der Waals surface area contributed by atoms with Gasteiger partial charge in [-0.25, -0.2) is 4.39 Å². The molecule has 0 bridgehead atoms. The lowest BCUT2D eigenvalue weighted by Gasteiger charge is -2.15. The first-order valence-electron chi connectivity index (χ1n) is 5.59. The second-order valence-corrected chi connectivity index (χ2v) is 3.88. The Kier molecular flexibility index (Phi) is 4.53. The molecule has 1 atom stereocenters. The van der Waals surface area contributed by atoms with Gasteiger partial charge in [0.1, 0.15) is 5.82 Å². The van der Waals surface area contributed by atoms with Crippen molar-refractivity contribution in [3.05, 3.63) is 23.8 Å². The predicted molar refractivity (Wildman–Crippen MR) is 61.2 cm³/mol. The lowest BCUT2D eigenvalue weighted by Crippen LogP contribution is -2.05. The number of nitrogens with zero attached hydrogens (tertiary/aromatic N) is 1. The summed E-state index contributed by atoms with van der Waals surface area (Å²) in [6, 6.07) is 1.36. The van der Waals surface area contributed by atoms with Crippen LogP contribution in [0.3, 0.4) is 0 Å². The highest BCUT2D eigenvalue weighted by Gasteiger charge is 2.13. The molecule has 84 valence electrons. The summed E-state index contributed by atoms with van der Waals surface area (Å²) in [5, 5.41) is 0. The predicted octanol–water partition coefficient (Wildman–Crippen LogP) is 3.49. The number of nitrogens with two attached hydrogens (primary N) is 1. The summed E-state index contributed by atoms with van der Waals surface area (Å²) in [5.41, 5.74) is 7.11. The molecule has 0 aromatic carbocycles. The summed E-state index contributed by atoms with van der Waals surface area (Å²) in [6.07, 6.45) is 5.66. The summed E-state index contributed by atoms with van der Waals surface area (Å²) in [4.78, 5) is 4.10. The first kappa shape index (κ1) is 12.0. The van der Waals surface area contributed by atoms with Crippen molar-refractivity contribution in [2.24, 2.45) is 0 Å². The number of nitrogen functional groups attached to an aromatic ring is 1. The van der Waals surface area contributed by atoms with Crippen molar-refractivity contribution in [1.29, 1.82) is 0 Å². The molecular formula is C12H19FN2. The summed E-state index contributed by atoms with van der Waals surface area (Å²) in [5.74, 6) is 0.00662. The Labute approximate surface area is 90.7 Å². The van der Waals surface area contributed by atoms with Crippen LogP contribution in [-0.4, -0.2) is 4.98 Å². The minimum absolute atomic E-state index is 0.360. The zero-order valence-electron chi connectivity index (χ0n) is 9.46. The number of hydrogen-bond donors (Lipinski definition) is 1. The highest BCUT2D eigenvalue weighted by molar-refractivity contribution is 5.44. The molecule has 1 rings (SSSR count). The number of unbranched alkanes of at least 4 members (excludes halogenated alkanes) is 1. The van der Waals surface area contributed by atoms with Crippen LogP contribution >= 0.6 is 0 Å². The first-order valence-corrected chi connectivity index (χ1v) is 5.59. The Morgan fingerprint density at radius 1 is 1.47 bits per heavy atom. The van der Waals surface area contributed by atoms with E-state index in [0.29, 0.717) is 11.6 Å². The molecule has 0 aliphatic carbocycles. The van der Waals surface area contributed by atoms with Crippen molar-refractivity contribution in [3.8, 4) is 0 Å². The van der Waals surface area contributed by atoms with Crippen LogP contribution < -0.4 is 5.73 Å². The van der Waals surface area contributed by atoms with E-state index in [1.165, 1.54) is 12.3 Å². The Morgan fingerprint density at radius 3 is 2.73 bits per heavy atom. The van der Waals surface area contributed by atoms with Gasteiger partial charge in [-0.3, -0.25) is 4.98 Å². The number of aromatic nitrogens is 1. The van der Waals surface area contributed by atoms with E-state index in [1.807, 2.05) is 0 Å². The highest BCUT2D eigenvalue weighted by atomic mass is 19.1. The van der Waals surface area contributed by atoms with Crippen LogP contribution in [0.1, 0.15) is 51.1 Å². The Morgan fingerprint density at radius 2 is 2.20 bits per heavy atom. The molecule has 0 aliphatic rings. The van der Waals surface area contributed by atoms with Crippen molar-refractivity contribution in [2.45, 2.75) is 45.4 Å². The van der Waals surface area contributed by atoms with Gasteiger partial charge in [0, 0.05) is 12.0 Å². The third-order valence-electron chi connectivity index (χ3n) is 2.70. The maximum Gasteiger partial charge on any atom is 0.143 e. The lowest BCUT2D eigenvalue weighted by molar-refractivity contribution is 0.553. The van der Waals surface area contributed by atoms with E-state index in [-0.39, 0.29) is 5.82 Å². The average Bonchev–Trinajstić information content (AvgIpc) is 2.21. The molecule has 0 saturated carbocycles. The zero-order chi connectivity index (χ0) is 11.3. The molecule has 3 heteroatoms. The number of halogens is 1. The van der Waals surface area contributed by atoms with Gasteiger partial charge in [0.15, 0.2) is 0 Å². The van der Waals surface area contributed by atoms with Crippen molar-refractivity contribution >= 4 is 5.69 Å². The van der Waals surface area contributed by atoms with Gasteiger partial charge < -0.3 is 5.73 Å². The minimum atomic E-state index is -0.360. The smallest absolute Gasteiger partial charge is 0.143 e. The van der Waals surface area contributed by atoms with E-state index >= 15 is 0 Å². The van der Waals surface area contributed by atoms with Crippen LogP contribution in [0.2, 0.25) is 0 Å². The minimum Gasteiger partial charge on any atom is -0.397 e. The standard InChI is InChI=1S/C12H19FN2/c1-3-5-6-9(4-2)12-11(14)7-10(13)8-15-12/h7-9H,3-6,14H2,1-2H3. The second-order valence-electron chi connectivity index (χ2n) is 3.88. The fraction of sp³-hybridized carbons (Fsp3) is 0.583. The normalized spacial score (nSPS) is 12.7. The Balaban J connectivity index is 2.81. The van der Waals surface area contributed by atoms with Crippen molar-refractivity contribution in [2.75, 3.05) is 5.73 Å². The van der Waals surface area contributed by atoms with E-state index < -0.39 is 0 Å². The lowest BCUT2D eigenvalue weighted by atomic mass is 9.94. The molecule has 0 aliphatic heterocycles. The van der Waals surface area contributed by atoms with Gasteiger partial charge in [0.25, 0.3) is 0 Å². The van der Waals surface area contributed by atoms with Crippen LogP contribution in [0.25, 0.3) is 0 Å². The third-order valence-corrected chi connectivity index (χ3v) is 2.70. The zero-order valence-corrected chi connectivity index (χ0v) is 9.46. The number of hydrogen-bond acceptors (Lipinski definition) is 2. The number of pyridine rings is 1. The highest BCUT2D eigenvalue weighted by Crippen LogP contribution is 2.28. The van der Waals surface area contributed by atoms with E-state index in [9.17, 15) is 4.39 Å². The molecule has 1 unspecified atom stereocenters. The van der Waals surface area contributed by atoms with Crippen LogP contribution in [0.5, 0.6) is 0 Å². The quantitative estimate of drug-likeness (QED) is 0.808. The van der Waals surface area contributed by atoms with Gasteiger partial charge >= 0.3 is 0 Å². The van der Waals surface area contributed by atoms with E-state index in [4.69, 9.17) is 5.73 Å². The fourth-order valence-corrected chi connectivity index (χ4v) is 1.79. The summed E-state index contributed by atoms with van der Waals surface area (Å²) in [6.45, 7) is 4.28. The molecule has 0 radical (unpaired) electrons. The SMILES string of the molecule is CCCCC(CC)c1ncc(F)cc1N. The van der Waals surface area contributed by atoms with Crippen LogP contribution in [0, 0.1) is 5.82 Å². The van der Waals surface area contributed by atoms with Crippen LogP contribution in [0.15, 0.2) is 12.3 Å². The molecule has 0 spiro atoms. The molecule has 1 heterocycles. The maximum atomic E-state index is 12.8. The van der Waals surface area contributed by atoms with Gasteiger partial charge in [-0.05, 0) is 12.8 Å². The van der Waals surface area contributed by atoms with E-state index in [0.717, 1.165) is 31.4 Å². The topological polar surface area (TPSA) is 38.9 Å². The largest absolute Gasteiger partial charge is 0.397 e. The number of rotatable bonds is 5. The summed E-state index contributed by atoms with van der Waals surface area (Å²) < 4.78 is 12.8. The monoisotopic (exact) mass is 210 g/mol. The van der Waals surface area contributed by atoms with Crippen LogP contribution in [0.4, 0.5) is 10.1 Å².